The minimum Gasteiger partial charge on any atom is -0.236 e. The van der Waals surface area contributed by atoms with E-state index in [9.17, 15) is 0 Å². The summed E-state index contributed by atoms with van der Waals surface area (Å²) in [4.78, 5) is 4.10. The largest absolute Gasteiger partial charge is 0.236 e. The van der Waals surface area contributed by atoms with Gasteiger partial charge in [-0.2, -0.15) is 0 Å². The fraction of sp³-hybridized carbons (Fsp3) is 0. The van der Waals surface area contributed by atoms with Crippen molar-refractivity contribution in [2.75, 3.05) is 0 Å². The van der Waals surface area contributed by atoms with E-state index in [2.05, 4.69) is 50.2 Å². The summed E-state index contributed by atoms with van der Waals surface area (Å²) in [5.74, 6) is 0. The SMILES string of the molecule is [CH]c1cc(I)nc(I)c1[CH]. The van der Waals surface area contributed by atoms with Crippen LogP contribution in [0.15, 0.2) is 6.07 Å². The molecule has 0 atom stereocenters. The molecule has 0 aromatic carbocycles. The van der Waals surface area contributed by atoms with E-state index in [1.807, 2.05) is 0 Å². The highest BCUT2D eigenvalue weighted by atomic mass is 127. The number of halogens is 2. The zero-order valence-corrected chi connectivity index (χ0v) is 9.25. The Labute approximate surface area is 87.9 Å². The van der Waals surface area contributed by atoms with Crippen molar-refractivity contribution in [3.63, 3.8) is 0 Å². The predicted molar refractivity (Wildman–Crippen MR) is 56.5 cm³/mol. The van der Waals surface area contributed by atoms with Crippen molar-refractivity contribution in [3.8, 4) is 0 Å². The molecule has 0 spiro atoms. The van der Waals surface area contributed by atoms with Gasteiger partial charge in [-0.05, 0) is 69.3 Å². The van der Waals surface area contributed by atoms with Gasteiger partial charge in [0.05, 0.1) is 0 Å². The summed E-state index contributed by atoms with van der Waals surface area (Å²) >= 11 is 4.15. The molecule has 3 heteroatoms. The summed E-state index contributed by atoms with van der Waals surface area (Å²) in [6.45, 7) is 11.1. The van der Waals surface area contributed by atoms with E-state index < -0.39 is 0 Å². The van der Waals surface area contributed by atoms with Crippen LogP contribution in [0.3, 0.4) is 0 Å². The lowest BCUT2D eigenvalue weighted by molar-refractivity contribution is 1.19. The van der Waals surface area contributed by atoms with Crippen molar-refractivity contribution >= 4 is 45.2 Å². The van der Waals surface area contributed by atoms with E-state index in [0.717, 1.165) is 7.40 Å². The molecule has 0 aliphatic rings. The van der Waals surface area contributed by atoms with Gasteiger partial charge in [-0.1, -0.05) is 0 Å². The third kappa shape index (κ3) is 1.81. The summed E-state index contributed by atoms with van der Waals surface area (Å²) < 4.78 is 1.63. The molecular weight excluding hydrogens is 352 g/mol. The second kappa shape index (κ2) is 3.34. The lowest BCUT2D eigenvalue weighted by atomic mass is 10.2. The Balaban J connectivity index is 3.31. The van der Waals surface area contributed by atoms with Crippen molar-refractivity contribution in [1.82, 2.24) is 4.98 Å². The first-order chi connectivity index (χ1) is 4.61. The fourth-order valence-corrected chi connectivity index (χ4v) is 2.12. The highest BCUT2D eigenvalue weighted by Crippen LogP contribution is 2.15. The van der Waals surface area contributed by atoms with Gasteiger partial charge in [-0.15, -0.1) is 0 Å². The van der Waals surface area contributed by atoms with Crippen molar-refractivity contribution in [2.45, 2.75) is 0 Å². The number of hydrogen-bond donors (Lipinski definition) is 0. The Bertz CT molecular complexity index is 235. The average Bonchev–Trinajstić information content (AvgIpc) is 1.82. The maximum Gasteiger partial charge on any atom is 0.106 e. The third-order valence-electron chi connectivity index (χ3n) is 1.01. The molecule has 0 aliphatic heterocycles. The van der Waals surface area contributed by atoms with Crippen LogP contribution < -0.4 is 0 Å². The van der Waals surface area contributed by atoms with Gasteiger partial charge < -0.3 is 0 Å². The van der Waals surface area contributed by atoms with E-state index >= 15 is 0 Å². The van der Waals surface area contributed by atoms with Crippen LogP contribution in [-0.2, 0) is 0 Å². The Morgan fingerprint density at radius 2 is 1.90 bits per heavy atom. The Morgan fingerprint density at radius 3 is 2.40 bits per heavy atom. The van der Waals surface area contributed by atoms with E-state index in [1.165, 1.54) is 0 Å². The minimum absolute atomic E-state index is 0.570. The smallest absolute Gasteiger partial charge is 0.106 e. The maximum absolute atomic E-state index is 5.55. The molecule has 1 aromatic rings. The van der Waals surface area contributed by atoms with E-state index in [1.54, 1.807) is 6.07 Å². The van der Waals surface area contributed by atoms with Crippen LogP contribution >= 0.6 is 45.2 Å². The molecule has 1 nitrogen and oxygen atoms in total. The second-order valence-electron chi connectivity index (χ2n) is 1.74. The van der Waals surface area contributed by atoms with Crippen LogP contribution in [0.4, 0.5) is 0 Å². The fourth-order valence-electron chi connectivity index (χ4n) is 0.511. The maximum atomic E-state index is 5.55. The molecular formula is C7H3I2N. The van der Waals surface area contributed by atoms with Gasteiger partial charge in [0.15, 0.2) is 0 Å². The van der Waals surface area contributed by atoms with Crippen molar-refractivity contribution in [2.24, 2.45) is 0 Å². The Hall–Kier alpha value is 0.610. The van der Waals surface area contributed by atoms with Gasteiger partial charge in [0.2, 0.25) is 0 Å². The van der Waals surface area contributed by atoms with E-state index in [-0.39, 0.29) is 0 Å². The molecule has 0 bridgehead atoms. The summed E-state index contributed by atoms with van der Waals surface area (Å²) in [6.07, 6.45) is 0. The second-order valence-corrected chi connectivity index (χ2v) is 3.87. The molecule has 10 heavy (non-hydrogen) atoms. The molecule has 0 fully saturated rings. The molecule has 0 amide bonds. The first kappa shape index (κ1) is 8.70. The van der Waals surface area contributed by atoms with Crippen LogP contribution in [0.2, 0.25) is 0 Å². The molecule has 4 radical (unpaired) electrons. The van der Waals surface area contributed by atoms with Crippen LogP contribution in [0.1, 0.15) is 11.1 Å². The van der Waals surface area contributed by atoms with Crippen molar-refractivity contribution < 1.29 is 0 Å². The molecule has 0 N–H and O–H groups in total. The van der Waals surface area contributed by atoms with Gasteiger partial charge >= 0.3 is 0 Å². The highest BCUT2D eigenvalue weighted by molar-refractivity contribution is 14.1. The summed E-state index contributed by atoms with van der Waals surface area (Å²) in [5, 5.41) is 0. The molecule has 1 aromatic heterocycles. The van der Waals surface area contributed by atoms with Crippen LogP contribution in [0.5, 0.6) is 0 Å². The lowest BCUT2D eigenvalue weighted by Crippen LogP contribution is -1.92. The quantitative estimate of drug-likeness (QED) is 0.515. The van der Waals surface area contributed by atoms with Crippen LogP contribution in [0.25, 0.3) is 0 Å². The number of nitrogens with zero attached hydrogens (tertiary/aromatic N) is 1. The predicted octanol–water partition coefficient (Wildman–Crippen LogP) is 2.41. The monoisotopic (exact) mass is 355 g/mol. The first-order valence-electron chi connectivity index (χ1n) is 2.48. The van der Waals surface area contributed by atoms with Gasteiger partial charge in [0.1, 0.15) is 7.40 Å². The highest BCUT2D eigenvalue weighted by Gasteiger charge is 2.00. The molecule has 0 aliphatic carbocycles. The summed E-state index contributed by atoms with van der Waals surface area (Å²) in [5.41, 5.74) is 1.17. The topological polar surface area (TPSA) is 12.9 Å². The molecule has 0 unspecified atom stereocenters. The normalized spacial score (nSPS) is 10.0. The van der Waals surface area contributed by atoms with E-state index in [0.29, 0.717) is 11.1 Å². The zero-order chi connectivity index (χ0) is 7.72. The number of aromatic nitrogens is 1. The molecule has 0 saturated heterocycles. The molecule has 1 rings (SSSR count). The van der Waals surface area contributed by atoms with E-state index in [4.69, 9.17) is 13.8 Å². The zero-order valence-electron chi connectivity index (χ0n) is 4.94. The van der Waals surface area contributed by atoms with Gasteiger partial charge in [0.25, 0.3) is 0 Å². The molecule has 1 heterocycles. The van der Waals surface area contributed by atoms with Gasteiger partial charge in [-0.3, -0.25) is 0 Å². The number of rotatable bonds is 0. The summed E-state index contributed by atoms with van der Waals surface area (Å²) in [7, 11) is 0. The summed E-state index contributed by atoms with van der Waals surface area (Å²) in [6, 6.07) is 1.75. The van der Waals surface area contributed by atoms with Crippen molar-refractivity contribution in [1.29, 1.82) is 0 Å². The molecule has 0 saturated carbocycles. The lowest BCUT2D eigenvalue weighted by Gasteiger charge is -2.00. The standard InChI is InChI=1S/C7H3I2N/c1-4-3-6(8)10-7(9)5(4)2/h1-3H. The third-order valence-corrected chi connectivity index (χ3v) is 2.39. The van der Waals surface area contributed by atoms with Gasteiger partial charge in [0, 0.05) is 6.92 Å². The van der Waals surface area contributed by atoms with Crippen LogP contribution in [-0.4, -0.2) is 4.98 Å². The Kier molecular flexibility index (Phi) is 2.91. The van der Waals surface area contributed by atoms with Crippen LogP contribution in [0, 0.1) is 21.2 Å². The van der Waals surface area contributed by atoms with Gasteiger partial charge in [-0.25, -0.2) is 4.98 Å². The number of pyridine rings is 1. The molecule has 50 valence electrons. The first-order valence-corrected chi connectivity index (χ1v) is 4.64. The minimum atomic E-state index is 0.570. The Morgan fingerprint density at radius 1 is 1.30 bits per heavy atom. The average molecular weight is 355 g/mol. The van der Waals surface area contributed by atoms with Crippen molar-refractivity contribution in [3.05, 3.63) is 38.4 Å². The number of hydrogen-bond acceptors (Lipinski definition) is 1.